The van der Waals surface area contributed by atoms with Crippen LogP contribution in [0.4, 0.5) is 0 Å². The summed E-state index contributed by atoms with van der Waals surface area (Å²) in [5, 5.41) is 3.64. The van der Waals surface area contributed by atoms with E-state index in [1.54, 1.807) is 0 Å². The average Bonchev–Trinajstić information content (AvgIpc) is 2.53. The fourth-order valence-corrected chi connectivity index (χ4v) is 2.07. The van der Waals surface area contributed by atoms with E-state index >= 15 is 0 Å². The molecule has 1 unspecified atom stereocenters. The topological polar surface area (TPSA) is 24.5 Å². The summed E-state index contributed by atoms with van der Waals surface area (Å²) in [5.41, 5.74) is 0. The lowest BCUT2D eigenvalue weighted by atomic mass is 10.1. The lowest BCUT2D eigenvalue weighted by molar-refractivity contribution is 0.142. The zero-order valence-corrected chi connectivity index (χ0v) is 10.3. The van der Waals surface area contributed by atoms with E-state index < -0.39 is 0 Å². The Hall–Kier alpha value is -0.120. The van der Waals surface area contributed by atoms with E-state index in [0.29, 0.717) is 6.04 Å². The minimum absolute atomic E-state index is 0.683. The van der Waals surface area contributed by atoms with Crippen molar-refractivity contribution >= 4 is 0 Å². The molecule has 0 radical (unpaired) electrons. The van der Waals surface area contributed by atoms with Gasteiger partial charge in [-0.3, -0.25) is 0 Å². The van der Waals surface area contributed by atoms with Gasteiger partial charge in [0.25, 0.3) is 0 Å². The van der Waals surface area contributed by atoms with Crippen molar-refractivity contribution in [1.29, 1.82) is 0 Å². The van der Waals surface area contributed by atoms with E-state index in [1.807, 2.05) is 0 Å². The highest BCUT2D eigenvalue weighted by Gasteiger charge is 2.11. The monoisotopic (exact) mass is 214 g/mol. The summed E-state index contributed by atoms with van der Waals surface area (Å²) in [7, 11) is 0. The zero-order valence-electron chi connectivity index (χ0n) is 10.3. The van der Waals surface area contributed by atoms with Crippen molar-refractivity contribution in [1.82, 2.24) is 10.2 Å². The molecule has 0 aromatic carbocycles. The summed E-state index contributed by atoms with van der Waals surface area (Å²) in [4.78, 5) is 2.46. The molecule has 90 valence electrons. The van der Waals surface area contributed by atoms with Gasteiger partial charge in [-0.2, -0.15) is 0 Å². The molecule has 1 N–H and O–H groups in total. The SMILES string of the molecule is CCN(CC)CCNC1CCCOCC1. The van der Waals surface area contributed by atoms with Gasteiger partial charge in [0.15, 0.2) is 0 Å². The van der Waals surface area contributed by atoms with Gasteiger partial charge in [0.05, 0.1) is 0 Å². The van der Waals surface area contributed by atoms with Crippen molar-refractivity contribution in [2.75, 3.05) is 39.4 Å². The molecule has 3 nitrogen and oxygen atoms in total. The first-order chi connectivity index (χ1) is 7.36. The van der Waals surface area contributed by atoms with Crippen LogP contribution in [0.5, 0.6) is 0 Å². The van der Waals surface area contributed by atoms with Gasteiger partial charge in [0, 0.05) is 32.3 Å². The zero-order chi connectivity index (χ0) is 10.9. The first kappa shape index (κ1) is 12.9. The van der Waals surface area contributed by atoms with Gasteiger partial charge in [0.1, 0.15) is 0 Å². The molecule has 0 aliphatic carbocycles. The molecular weight excluding hydrogens is 188 g/mol. The quantitative estimate of drug-likeness (QED) is 0.725. The van der Waals surface area contributed by atoms with Crippen molar-refractivity contribution in [3.05, 3.63) is 0 Å². The molecule has 0 saturated carbocycles. The number of likely N-dealkylation sites (N-methyl/N-ethyl adjacent to an activating group) is 1. The van der Waals surface area contributed by atoms with Crippen molar-refractivity contribution in [3.63, 3.8) is 0 Å². The van der Waals surface area contributed by atoms with E-state index in [9.17, 15) is 0 Å². The Labute approximate surface area is 94.2 Å². The summed E-state index contributed by atoms with van der Waals surface area (Å²) in [6.07, 6.45) is 3.67. The molecule has 1 rings (SSSR count). The van der Waals surface area contributed by atoms with Crippen LogP contribution in [-0.4, -0.2) is 50.3 Å². The summed E-state index contributed by atoms with van der Waals surface area (Å²) in [5.74, 6) is 0. The summed E-state index contributed by atoms with van der Waals surface area (Å²) >= 11 is 0. The Kier molecular flexibility index (Phi) is 6.98. The molecule has 0 spiro atoms. The third-order valence-electron chi connectivity index (χ3n) is 3.21. The second-order valence-electron chi connectivity index (χ2n) is 4.22. The number of hydrogen-bond donors (Lipinski definition) is 1. The minimum Gasteiger partial charge on any atom is -0.381 e. The standard InChI is InChI=1S/C12H26N2O/c1-3-14(4-2)9-8-13-12-6-5-10-15-11-7-12/h12-13H,3-11H2,1-2H3. The van der Waals surface area contributed by atoms with Gasteiger partial charge in [-0.05, 0) is 32.4 Å². The van der Waals surface area contributed by atoms with Crippen LogP contribution in [0.25, 0.3) is 0 Å². The van der Waals surface area contributed by atoms with Gasteiger partial charge < -0.3 is 15.0 Å². The number of rotatable bonds is 6. The van der Waals surface area contributed by atoms with Crippen molar-refractivity contribution < 1.29 is 4.74 Å². The van der Waals surface area contributed by atoms with Crippen LogP contribution < -0.4 is 5.32 Å². The van der Waals surface area contributed by atoms with Crippen LogP contribution in [0.2, 0.25) is 0 Å². The number of hydrogen-bond acceptors (Lipinski definition) is 3. The van der Waals surface area contributed by atoms with Gasteiger partial charge >= 0.3 is 0 Å². The molecule has 0 amide bonds. The predicted molar refractivity (Wildman–Crippen MR) is 64.2 cm³/mol. The maximum atomic E-state index is 5.44. The molecule has 0 bridgehead atoms. The van der Waals surface area contributed by atoms with Gasteiger partial charge in [-0.1, -0.05) is 13.8 Å². The second kappa shape index (κ2) is 8.08. The third-order valence-corrected chi connectivity index (χ3v) is 3.21. The molecule has 1 aliphatic heterocycles. The van der Waals surface area contributed by atoms with E-state index in [1.165, 1.54) is 25.8 Å². The fourth-order valence-electron chi connectivity index (χ4n) is 2.07. The average molecular weight is 214 g/mol. The number of nitrogens with one attached hydrogen (secondary N) is 1. The molecule has 1 fully saturated rings. The van der Waals surface area contributed by atoms with Crippen LogP contribution in [0.3, 0.4) is 0 Å². The Morgan fingerprint density at radius 1 is 1.20 bits per heavy atom. The highest BCUT2D eigenvalue weighted by Crippen LogP contribution is 2.07. The fraction of sp³-hybridized carbons (Fsp3) is 1.00. The lowest BCUT2D eigenvalue weighted by Crippen LogP contribution is -2.37. The lowest BCUT2D eigenvalue weighted by Gasteiger charge is -2.21. The van der Waals surface area contributed by atoms with Gasteiger partial charge in [-0.25, -0.2) is 0 Å². The summed E-state index contributed by atoms with van der Waals surface area (Å²) in [6.45, 7) is 10.9. The molecule has 1 heterocycles. The molecule has 0 aromatic rings. The highest BCUT2D eigenvalue weighted by atomic mass is 16.5. The van der Waals surface area contributed by atoms with E-state index in [0.717, 1.165) is 32.8 Å². The molecule has 1 atom stereocenters. The highest BCUT2D eigenvalue weighted by molar-refractivity contribution is 4.70. The molecular formula is C12H26N2O. The molecule has 15 heavy (non-hydrogen) atoms. The number of ether oxygens (including phenoxy) is 1. The maximum Gasteiger partial charge on any atom is 0.0480 e. The Balaban J connectivity index is 2.07. The Morgan fingerprint density at radius 2 is 2.00 bits per heavy atom. The van der Waals surface area contributed by atoms with Crippen molar-refractivity contribution in [2.45, 2.75) is 39.2 Å². The molecule has 1 saturated heterocycles. The van der Waals surface area contributed by atoms with E-state index in [-0.39, 0.29) is 0 Å². The molecule has 1 aliphatic rings. The van der Waals surface area contributed by atoms with Crippen LogP contribution in [0.1, 0.15) is 33.1 Å². The van der Waals surface area contributed by atoms with E-state index in [4.69, 9.17) is 4.74 Å². The third kappa shape index (κ3) is 5.50. The Morgan fingerprint density at radius 3 is 2.73 bits per heavy atom. The molecule has 0 aromatic heterocycles. The van der Waals surface area contributed by atoms with Crippen molar-refractivity contribution in [3.8, 4) is 0 Å². The van der Waals surface area contributed by atoms with Gasteiger partial charge in [0.2, 0.25) is 0 Å². The van der Waals surface area contributed by atoms with Crippen molar-refractivity contribution in [2.24, 2.45) is 0 Å². The maximum absolute atomic E-state index is 5.44. The van der Waals surface area contributed by atoms with Gasteiger partial charge in [-0.15, -0.1) is 0 Å². The first-order valence-corrected chi connectivity index (χ1v) is 6.40. The first-order valence-electron chi connectivity index (χ1n) is 6.40. The molecule has 3 heteroatoms. The predicted octanol–water partition coefficient (Wildman–Crippen LogP) is 1.49. The summed E-state index contributed by atoms with van der Waals surface area (Å²) in [6, 6.07) is 0.683. The second-order valence-corrected chi connectivity index (χ2v) is 4.22. The van der Waals surface area contributed by atoms with Crippen LogP contribution in [0, 0.1) is 0 Å². The normalized spacial score (nSPS) is 23.0. The number of nitrogens with zero attached hydrogens (tertiary/aromatic N) is 1. The summed E-state index contributed by atoms with van der Waals surface area (Å²) < 4.78 is 5.44. The largest absolute Gasteiger partial charge is 0.381 e. The van der Waals surface area contributed by atoms with Crippen LogP contribution >= 0.6 is 0 Å². The minimum atomic E-state index is 0.683. The smallest absolute Gasteiger partial charge is 0.0480 e. The van der Waals surface area contributed by atoms with Crippen LogP contribution in [-0.2, 0) is 4.74 Å². The van der Waals surface area contributed by atoms with Crippen LogP contribution in [0.15, 0.2) is 0 Å². The van der Waals surface area contributed by atoms with E-state index in [2.05, 4.69) is 24.1 Å². The Bertz CT molecular complexity index is 141.